The topological polar surface area (TPSA) is 40.5 Å². The minimum Gasteiger partial charge on any atom is -0.423 e. The molecule has 18 aromatic rings. The van der Waals surface area contributed by atoms with Gasteiger partial charge in [-0.05, 0) is 219 Å². The van der Waals surface area contributed by atoms with Crippen molar-refractivity contribution in [2.24, 2.45) is 0 Å². The maximum Gasteiger partial charge on any atom is 0.488 e. The summed E-state index contributed by atoms with van der Waals surface area (Å²) in [6.07, 6.45) is 0. The molecule has 0 spiro atoms. The van der Waals surface area contributed by atoms with E-state index in [9.17, 15) is 0 Å². The Labute approximate surface area is 605 Å². The highest BCUT2D eigenvalue weighted by atomic mass is 79.9. The Balaban J connectivity index is 0.000000141. The normalized spacial score (nSPS) is 11.2. The summed E-state index contributed by atoms with van der Waals surface area (Å²) in [6, 6.07) is 136. The van der Waals surface area contributed by atoms with Gasteiger partial charge in [0.1, 0.15) is 0 Å². The van der Waals surface area contributed by atoms with Crippen molar-refractivity contribution in [3.8, 4) is 100 Å². The Morgan fingerprint density at radius 1 is 0.168 bits per heavy atom. The molecule has 0 aromatic heterocycles. The van der Waals surface area contributed by atoms with Crippen LogP contribution in [-0.2, 0) is 0 Å². The quantitative estimate of drug-likeness (QED) is 0.106. The number of benzene rings is 18. The molecule has 101 heavy (non-hydrogen) atoms. The zero-order valence-corrected chi connectivity index (χ0v) is 58.3. The highest BCUT2D eigenvalue weighted by Gasteiger charge is 2.21. The van der Waals surface area contributed by atoms with E-state index in [2.05, 4.69) is 359 Å². The van der Waals surface area contributed by atoms with Gasteiger partial charge in [-0.3, -0.25) is 0 Å². The van der Waals surface area contributed by atoms with E-state index in [1.807, 2.05) is 42.5 Å². The van der Waals surface area contributed by atoms with E-state index in [1.165, 1.54) is 154 Å². The van der Waals surface area contributed by atoms with Crippen molar-refractivity contribution >= 4 is 109 Å². The lowest BCUT2D eigenvalue weighted by molar-refractivity contribution is 0.426. The van der Waals surface area contributed by atoms with Crippen molar-refractivity contribution in [3.63, 3.8) is 0 Å². The molecule has 5 heteroatoms. The van der Waals surface area contributed by atoms with Crippen LogP contribution >= 0.6 is 31.9 Å². The molecule has 0 aliphatic rings. The van der Waals surface area contributed by atoms with E-state index in [4.69, 9.17) is 10.0 Å². The number of hydrogen-bond acceptors (Lipinski definition) is 2. The maximum atomic E-state index is 9.05. The van der Waals surface area contributed by atoms with Crippen LogP contribution < -0.4 is 5.46 Å². The lowest BCUT2D eigenvalue weighted by Gasteiger charge is -2.19. The van der Waals surface area contributed by atoms with Crippen LogP contribution in [0.1, 0.15) is 0 Å². The van der Waals surface area contributed by atoms with Crippen molar-refractivity contribution in [3.05, 3.63) is 391 Å². The first-order chi connectivity index (χ1) is 49.8. The van der Waals surface area contributed by atoms with Crippen LogP contribution in [0.2, 0.25) is 0 Å². The lowest BCUT2D eigenvalue weighted by Crippen LogP contribution is -2.29. The van der Waals surface area contributed by atoms with Crippen molar-refractivity contribution < 1.29 is 10.0 Å². The van der Waals surface area contributed by atoms with Crippen LogP contribution in [0.4, 0.5) is 0 Å². The van der Waals surface area contributed by atoms with E-state index in [-0.39, 0.29) is 0 Å². The molecule has 0 saturated heterocycles. The minimum atomic E-state index is -1.41. The predicted molar refractivity (Wildman–Crippen MR) is 439 cm³/mol. The molecule has 478 valence electrons. The lowest BCUT2D eigenvalue weighted by atomic mass is 9.79. The summed E-state index contributed by atoms with van der Waals surface area (Å²) < 4.78 is 2.17. The van der Waals surface area contributed by atoms with Crippen LogP contribution in [0.3, 0.4) is 0 Å². The van der Waals surface area contributed by atoms with Crippen LogP contribution in [0.25, 0.3) is 165 Å². The molecule has 18 rings (SSSR count). The molecule has 0 radical (unpaired) electrons. The third-order valence-electron chi connectivity index (χ3n) is 19.3. The van der Waals surface area contributed by atoms with Gasteiger partial charge in [0, 0.05) is 8.95 Å². The fourth-order valence-electron chi connectivity index (χ4n) is 14.6. The maximum absolute atomic E-state index is 9.05. The first kappa shape index (κ1) is 64.2. The molecule has 0 amide bonds. The average Bonchev–Trinajstić information content (AvgIpc) is 0.728. The molecule has 0 atom stereocenters. The molecule has 0 bridgehead atoms. The molecular formula is C96H65BBr2O2. The molecule has 0 fully saturated rings. The molecule has 0 aliphatic heterocycles. The zero-order valence-electron chi connectivity index (χ0n) is 55.1. The summed E-state index contributed by atoms with van der Waals surface area (Å²) in [7, 11) is -1.41. The van der Waals surface area contributed by atoms with E-state index in [0.29, 0.717) is 5.46 Å². The van der Waals surface area contributed by atoms with Gasteiger partial charge in [0.25, 0.3) is 0 Å². The third-order valence-corrected chi connectivity index (χ3v) is 20.3. The Morgan fingerprint density at radius 2 is 0.376 bits per heavy atom. The second-order valence-corrected chi connectivity index (χ2v) is 27.3. The van der Waals surface area contributed by atoms with Crippen molar-refractivity contribution in [1.82, 2.24) is 0 Å². The Kier molecular flexibility index (Phi) is 18.3. The molecule has 0 heterocycles. The first-order valence-corrected chi connectivity index (χ1v) is 35.6. The van der Waals surface area contributed by atoms with Gasteiger partial charge in [-0.15, -0.1) is 0 Å². The molecule has 0 unspecified atom stereocenters. The second-order valence-electron chi connectivity index (χ2n) is 25.4. The van der Waals surface area contributed by atoms with Crippen molar-refractivity contribution in [2.45, 2.75) is 0 Å². The fraction of sp³-hybridized carbons (Fsp3) is 0. The fourth-order valence-corrected chi connectivity index (χ4v) is 15.4. The molecule has 2 nitrogen and oxygen atoms in total. The number of fused-ring (bicyclic) bond motifs is 12. The molecule has 0 aliphatic carbocycles. The summed E-state index contributed by atoms with van der Waals surface area (Å²) >= 11 is 7.33. The average molecular weight is 1420 g/mol. The zero-order chi connectivity index (χ0) is 68.2. The molecular weight excluding hydrogens is 1360 g/mol. The van der Waals surface area contributed by atoms with Gasteiger partial charge >= 0.3 is 7.12 Å². The van der Waals surface area contributed by atoms with Gasteiger partial charge in [0.2, 0.25) is 0 Å². The summed E-state index contributed by atoms with van der Waals surface area (Å²) in [5, 5.41) is 33.5. The SMILES string of the molecule is Brc1cccc(-c2ccc(-c3cccc(Br)c3)c3c4ccccc4c4ccccc4c23)c1.OB(O)c1cccc(-c2ccccc2)c1.c1ccc(-c2cccc(-c3cccc(-c4ccc(-c5cccc(-c6cccc(-c7ccccc7)c6)c5)c5c6ccccc6c6ccccc6c45)c3)c2)cc1. The van der Waals surface area contributed by atoms with E-state index >= 15 is 0 Å². The summed E-state index contributed by atoms with van der Waals surface area (Å²) in [6.45, 7) is 0. The van der Waals surface area contributed by atoms with E-state index in [1.54, 1.807) is 12.1 Å². The van der Waals surface area contributed by atoms with E-state index in [0.717, 1.165) is 20.1 Å². The molecule has 2 N–H and O–H groups in total. The van der Waals surface area contributed by atoms with Gasteiger partial charge < -0.3 is 10.0 Å². The predicted octanol–water partition coefficient (Wildman–Crippen LogP) is 26.2. The largest absolute Gasteiger partial charge is 0.488 e. The third kappa shape index (κ3) is 13.1. The summed E-state index contributed by atoms with van der Waals surface area (Å²) in [5.41, 5.74) is 22.1. The van der Waals surface area contributed by atoms with Gasteiger partial charge in [-0.1, -0.05) is 366 Å². The monoisotopic (exact) mass is 1420 g/mol. The Hall–Kier alpha value is -11.5. The number of halogens is 2. The van der Waals surface area contributed by atoms with Crippen LogP contribution in [0.5, 0.6) is 0 Å². The van der Waals surface area contributed by atoms with Crippen LogP contribution in [0, 0.1) is 0 Å². The van der Waals surface area contributed by atoms with Gasteiger partial charge in [0.15, 0.2) is 0 Å². The highest BCUT2D eigenvalue weighted by Crippen LogP contribution is 2.48. The van der Waals surface area contributed by atoms with Crippen LogP contribution in [0.15, 0.2) is 391 Å². The highest BCUT2D eigenvalue weighted by molar-refractivity contribution is 9.10. The molecule has 18 aromatic carbocycles. The Morgan fingerprint density at radius 3 is 0.663 bits per heavy atom. The number of rotatable bonds is 10. The second kappa shape index (κ2) is 28.7. The first-order valence-electron chi connectivity index (χ1n) is 34.0. The van der Waals surface area contributed by atoms with Crippen molar-refractivity contribution in [1.29, 1.82) is 0 Å². The van der Waals surface area contributed by atoms with Crippen LogP contribution in [-0.4, -0.2) is 17.2 Å². The van der Waals surface area contributed by atoms with Gasteiger partial charge in [-0.25, -0.2) is 0 Å². The minimum absolute atomic E-state index is 0.511. The van der Waals surface area contributed by atoms with E-state index < -0.39 is 7.12 Å². The smallest absolute Gasteiger partial charge is 0.423 e. The van der Waals surface area contributed by atoms with Gasteiger partial charge in [0.05, 0.1) is 0 Å². The number of hydrogen-bond donors (Lipinski definition) is 2. The van der Waals surface area contributed by atoms with Crippen molar-refractivity contribution in [2.75, 3.05) is 0 Å². The summed E-state index contributed by atoms with van der Waals surface area (Å²) in [5.74, 6) is 0. The standard InChI is InChI=1S/C54H36.C30H18Br2.C12H11BO2/c1-3-15-37(16-4-1)39-19-11-21-41(33-39)43-23-13-25-45(35-43)47-31-32-48(54-52-30-10-8-28-50(52)49-27-7-9-29-51(49)53(47)54)46-26-14-24-44(36-46)42-22-12-20-40(34-42)38-17-5-2-6-18-38;31-21-9-5-7-19(17-21)23-15-16-24(20-8-6-10-22(32)18-20)30-28-14-4-2-12-26(28)25-11-1-3-13-27(25)29(23)30;14-13(15)12-8-4-7-11(9-12)10-5-2-1-3-6-10/h1-36H;1-18H;1-9,14-15H. The Bertz CT molecular complexity index is 5760. The summed E-state index contributed by atoms with van der Waals surface area (Å²) in [4.78, 5) is 0. The van der Waals surface area contributed by atoms with Gasteiger partial charge in [-0.2, -0.15) is 0 Å². The molecule has 0 saturated carbocycles.